The molecule has 0 aromatic carbocycles. The lowest BCUT2D eigenvalue weighted by Crippen LogP contribution is -2.41. The van der Waals surface area contributed by atoms with Crippen LogP contribution in [0.15, 0.2) is 58.9 Å². The highest BCUT2D eigenvalue weighted by atomic mass is 16.5. The Morgan fingerprint density at radius 2 is 1.52 bits per heavy atom. The number of aromatic amines is 2. The normalized spacial score (nSPS) is 18.6. The summed E-state index contributed by atoms with van der Waals surface area (Å²) in [7, 11) is 5.27. The quantitative estimate of drug-likeness (QED) is 0.206. The van der Waals surface area contributed by atoms with Crippen molar-refractivity contribution in [1.82, 2.24) is 43.8 Å². The number of anilines is 1. The van der Waals surface area contributed by atoms with Crippen molar-refractivity contribution in [3.8, 4) is 0 Å². The molecule has 8 rings (SSSR count). The predicted octanol–water partition coefficient (Wildman–Crippen LogP) is 3.16. The molecule has 15 heteroatoms. The number of aryl methyl sites for hydroxylation is 1. The summed E-state index contributed by atoms with van der Waals surface area (Å²) in [4.78, 5) is 78.7. The van der Waals surface area contributed by atoms with E-state index in [9.17, 15) is 19.2 Å². The minimum Gasteiger partial charge on any atom is -0.381 e. The van der Waals surface area contributed by atoms with Gasteiger partial charge in [-0.1, -0.05) is 0 Å². The summed E-state index contributed by atoms with van der Waals surface area (Å²) in [6.07, 6.45) is 15.1. The van der Waals surface area contributed by atoms with Crippen molar-refractivity contribution >= 4 is 39.6 Å². The van der Waals surface area contributed by atoms with E-state index in [0.717, 1.165) is 84.0 Å². The van der Waals surface area contributed by atoms with Crippen LogP contribution in [-0.4, -0.2) is 129 Å². The SMILES string of the molecule is CN(CC1CCN(CC2CCOC2)CC1)C(=O)c1cn(Cc2c[nH]c3c(=O)n(C)cc(C(=O)N(C)CC4CCN(c5ncccn5)CC4)c23)c(=O)c2[nH]ccc12. The lowest BCUT2D eigenvalue weighted by atomic mass is 9.95. The molecule has 0 spiro atoms. The molecular formula is C41H52N10O5. The molecule has 2 N–H and O–H groups in total. The molecule has 56 heavy (non-hydrogen) atoms. The van der Waals surface area contributed by atoms with Gasteiger partial charge in [-0.05, 0) is 80.6 Å². The third kappa shape index (κ3) is 7.61. The maximum atomic E-state index is 14.2. The summed E-state index contributed by atoms with van der Waals surface area (Å²) >= 11 is 0. The van der Waals surface area contributed by atoms with Gasteiger partial charge >= 0.3 is 0 Å². The van der Waals surface area contributed by atoms with E-state index in [1.54, 1.807) is 73.2 Å². The summed E-state index contributed by atoms with van der Waals surface area (Å²) < 4.78 is 8.49. The molecule has 0 radical (unpaired) electrons. The first kappa shape index (κ1) is 37.6. The second-order valence-corrected chi connectivity index (χ2v) is 16.1. The number of piperidine rings is 2. The Bertz CT molecular complexity index is 2310. The zero-order valence-corrected chi connectivity index (χ0v) is 32.6. The van der Waals surface area contributed by atoms with E-state index in [2.05, 4.69) is 29.7 Å². The highest BCUT2D eigenvalue weighted by Gasteiger charge is 2.29. The molecule has 5 aromatic rings. The molecule has 3 aliphatic rings. The summed E-state index contributed by atoms with van der Waals surface area (Å²) in [5.41, 5.74) is 1.49. The number of hydrogen-bond donors (Lipinski definition) is 2. The van der Waals surface area contributed by atoms with E-state index >= 15 is 0 Å². The lowest BCUT2D eigenvalue weighted by molar-refractivity contribution is 0.0731. The van der Waals surface area contributed by atoms with Crippen LogP contribution in [0, 0.1) is 17.8 Å². The van der Waals surface area contributed by atoms with Crippen LogP contribution < -0.4 is 16.0 Å². The predicted molar refractivity (Wildman–Crippen MR) is 214 cm³/mol. The van der Waals surface area contributed by atoms with Gasteiger partial charge in [-0.3, -0.25) is 19.2 Å². The summed E-state index contributed by atoms with van der Waals surface area (Å²) in [5, 5.41) is 1.06. The number of carbonyl (C=O) groups excluding carboxylic acids is 2. The maximum Gasteiger partial charge on any atom is 0.275 e. The topological polar surface area (TPSA) is 158 Å². The highest BCUT2D eigenvalue weighted by molar-refractivity contribution is 6.07. The largest absolute Gasteiger partial charge is 0.381 e. The van der Waals surface area contributed by atoms with Gasteiger partial charge in [-0.2, -0.15) is 0 Å². The molecule has 1 atom stereocenters. The Morgan fingerprint density at radius 3 is 2.20 bits per heavy atom. The number of fused-ring (bicyclic) bond motifs is 2. The number of hydrogen-bond acceptors (Lipinski definition) is 9. The van der Waals surface area contributed by atoms with E-state index in [4.69, 9.17) is 4.74 Å². The Labute approximate surface area is 325 Å². The molecule has 1 unspecified atom stereocenters. The molecule has 3 saturated heterocycles. The minimum atomic E-state index is -0.292. The highest BCUT2D eigenvalue weighted by Crippen LogP contribution is 2.27. The molecule has 0 bridgehead atoms. The smallest absolute Gasteiger partial charge is 0.275 e. The number of ether oxygens (including phenoxy) is 1. The molecule has 3 fully saturated rings. The van der Waals surface area contributed by atoms with E-state index in [1.165, 1.54) is 9.13 Å². The number of likely N-dealkylation sites (tertiary alicyclic amines) is 1. The Balaban J connectivity index is 0.995. The number of pyridine rings is 2. The van der Waals surface area contributed by atoms with Crippen molar-refractivity contribution < 1.29 is 14.3 Å². The molecule has 3 aliphatic heterocycles. The second kappa shape index (κ2) is 16.1. The van der Waals surface area contributed by atoms with Crippen molar-refractivity contribution in [2.45, 2.75) is 38.6 Å². The molecule has 5 aromatic heterocycles. The van der Waals surface area contributed by atoms with E-state index in [-0.39, 0.29) is 29.5 Å². The first-order valence-electron chi connectivity index (χ1n) is 19.9. The van der Waals surface area contributed by atoms with Crippen LogP contribution in [0.1, 0.15) is 58.4 Å². The van der Waals surface area contributed by atoms with Gasteiger partial charge in [0.1, 0.15) is 11.0 Å². The number of nitrogens with zero attached hydrogens (tertiary/aromatic N) is 8. The molecule has 15 nitrogen and oxygen atoms in total. The van der Waals surface area contributed by atoms with Crippen molar-refractivity contribution in [2.24, 2.45) is 24.8 Å². The first-order chi connectivity index (χ1) is 27.1. The zero-order chi connectivity index (χ0) is 38.9. The van der Waals surface area contributed by atoms with Gasteiger partial charge < -0.3 is 43.4 Å². The van der Waals surface area contributed by atoms with Crippen LogP contribution >= 0.6 is 0 Å². The Kier molecular flexibility index (Phi) is 10.8. The van der Waals surface area contributed by atoms with Gasteiger partial charge in [-0.25, -0.2) is 9.97 Å². The molecule has 296 valence electrons. The monoisotopic (exact) mass is 764 g/mol. The molecule has 0 aliphatic carbocycles. The summed E-state index contributed by atoms with van der Waals surface area (Å²) in [6, 6.07) is 3.58. The summed E-state index contributed by atoms with van der Waals surface area (Å²) in [5.74, 6) is 1.67. The number of aromatic nitrogens is 6. The van der Waals surface area contributed by atoms with Crippen LogP contribution in [-0.2, 0) is 18.3 Å². The number of nitrogens with one attached hydrogen (secondary N) is 2. The Morgan fingerprint density at radius 1 is 0.839 bits per heavy atom. The molecular weight excluding hydrogens is 713 g/mol. The molecule has 8 heterocycles. The van der Waals surface area contributed by atoms with Crippen molar-refractivity contribution in [1.29, 1.82) is 0 Å². The molecule has 0 saturated carbocycles. The lowest BCUT2D eigenvalue weighted by Gasteiger charge is -2.35. The zero-order valence-electron chi connectivity index (χ0n) is 32.6. The van der Waals surface area contributed by atoms with Gasteiger partial charge in [-0.15, -0.1) is 0 Å². The standard InChI is InChI=1S/C41H52N10O5/c1-46(20-27-6-14-49(15-7-27)22-29-10-18-56-26-29)37(52)32-25-51(40(55)35-31(32)5-13-42-35)23-30-19-45-36-34(30)33(24-48(3)39(36)54)38(53)47(2)21-28-8-16-50(17-9-28)41-43-11-4-12-44-41/h4-5,11-13,19,24-25,27-29,42,45H,6-10,14-18,20-23,26H2,1-3H3. The fourth-order valence-corrected chi connectivity index (χ4v) is 8.96. The second-order valence-electron chi connectivity index (χ2n) is 16.1. The van der Waals surface area contributed by atoms with E-state index < -0.39 is 0 Å². The minimum absolute atomic E-state index is 0.0550. The van der Waals surface area contributed by atoms with Crippen molar-refractivity contribution in [3.05, 3.63) is 86.7 Å². The van der Waals surface area contributed by atoms with Gasteiger partial charge in [0, 0.05) is 108 Å². The average Bonchev–Trinajstić information content (AvgIpc) is 4.01. The number of amides is 2. The maximum absolute atomic E-state index is 14.2. The van der Waals surface area contributed by atoms with Gasteiger partial charge in [0.15, 0.2) is 0 Å². The van der Waals surface area contributed by atoms with Crippen molar-refractivity contribution in [3.63, 3.8) is 0 Å². The van der Waals surface area contributed by atoms with Gasteiger partial charge in [0.2, 0.25) is 5.95 Å². The fourth-order valence-electron chi connectivity index (χ4n) is 8.96. The van der Waals surface area contributed by atoms with Gasteiger partial charge in [0.05, 0.1) is 24.3 Å². The van der Waals surface area contributed by atoms with Crippen LogP contribution in [0.3, 0.4) is 0 Å². The number of H-pyrrole nitrogens is 2. The van der Waals surface area contributed by atoms with Crippen LogP contribution in [0.25, 0.3) is 21.8 Å². The number of carbonyl (C=O) groups is 2. The fraction of sp³-hybridized carbons (Fsp3) is 0.512. The Hall–Kier alpha value is -5.28. The summed E-state index contributed by atoms with van der Waals surface area (Å²) in [6.45, 7) is 7.70. The van der Waals surface area contributed by atoms with Crippen LogP contribution in [0.5, 0.6) is 0 Å². The van der Waals surface area contributed by atoms with E-state index in [1.807, 2.05) is 7.05 Å². The third-order valence-corrected chi connectivity index (χ3v) is 12.1. The number of rotatable bonds is 11. The first-order valence-corrected chi connectivity index (χ1v) is 19.9. The third-order valence-electron chi connectivity index (χ3n) is 12.1. The van der Waals surface area contributed by atoms with Crippen LogP contribution in [0.4, 0.5) is 5.95 Å². The van der Waals surface area contributed by atoms with Crippen molar-refractivity contribution in [2.75, 3.05) is 78.0 Å². The van der Waals surface area contributed by atoms with E-state index in [0.29, 0.717) is 69.3 Å². The van der Waals surface area contributed by atoms with Gasteiger partial charge in [0.25, 0.3) is 22.9 Å². The average molecular weight is 765 g/mol. The van der Waals surface area contributed by atoms with Crippen LogP contribution in [0.2, 0.25) is 0 Å². The molecule has 2 amide bonds.